The van der Waals surface area contributed by atoms with Crippen LogP contribution < -0.4 is 0 Å². The Bertz CT molecular complexity index is 821. The van der Waals surface area contributed by atoms with Crippen LogP contribution in [0.15, 0.2) is 41.3 Å². The van der Waals surface area contributed by atoms with Crippen LogP contribution in [0, 0.1) is 13.8 Å². The Kier molecular flexibility index (Phi) is 4.62. The highest BCUT2D eigenvalue weighted by Gasteiger charge is 2.33. The lowest BCUT2D eigenvalue weighted by atomic mass is 10.2. The standard InChI is InChI=1S/C19H20N2O2S/c1-4-20-18(22)17(24-19(20)23)11-16-10-13(2)21(14(16)3)12-15-8-6-5-7-9-15/h5-11H,4,12H2,1-3H3/b17-11+. The molecule has 2 aromatic rings. The number of carbonyl (C=O) groups excluding carboxylic acids is 2. The number of thioether (sulfide) groups is 1. The smallest absolute Gasteiger partial charge is 0.293 e. The molecule has 1 saturated heterocycles. The number of nitrogens with zero attached hydrogens (tertiary/aromatic N) is 2. The Morgan fingerprint density at radius 1 is 1.12 bits per heavy atom. The SMILES string of the molecule is CCN1C(=O)S/C(=C/c2cc(C)n(Cc3ccccc3)c2C)C1=O. The van der Waals surface area contributed by atoms with E-state index in [4.69, 9.17) is 0 Å². The quantitative estimate of drug-likeness (QED) is 0.783. The minimum absolute atomic E-state index is 0.188. The van der Waals surface area contributed by atoms with Crippen LogP contribution in [0.3, 0.4) is 0 Å². The van der Waals surface area contributed by atoms with Gasteiger partial charge in [-0.15, -0.1) is 0 Å². The molecule has 0 spiro atoms. The zero-order valence-electron chi connectivity index (χ0n) is 14.1. The molecule has 0 saturated carbocycles. The van der Waals surface area contributed by atoms with E-state index in [1.54, 1.807) is 0 Å². The number of imide groups is 1. The van der Waals surface area contributed by atoms with Gasteiger partial charge in [-0.2, -0.15) is 0 Å². The van der Waals surface area contributed by atoms with Crippen molar-refractivity contribution in [1.29, 1.82) is 0 Å². The highest BCUT2D eigenvalue weighted by Crippen LogP contribution is 2.33. The van der Waals surface area contributed by atoms with E-state index in [2.05, 4.69) is 29.7 Å². The Morgan fingerprint density at radius 2 is 1.83 bits per heavy atom. The molecule has 1 aromatic heterocycles. The van der Waals surface area contributed by atoms with Crippen LogP contribution in [-0.4, -0.2) is 27.2 Å². The molecule has 1 aromatic carbocycles. The van der Waals surface area contributed by atoms with Gasteiger partial charge < -0.3 is 4.57 Å². The molecule has 1 aliphatic heterocycles. The molecule has 124 valence electrons. The zero-order chi connectivity index (χ0) is 17.3. The van der Waals surface area contributed by atoms with Crippen molar-refractivity contribution in [3.63, 3.8) is 0 Å². The minimum atomic E-state index is -0.194. The van der Waals surface area contributed by atoms with E-state index in [0.717, 1.165) is 35.3 Å². The van der Waals surface area contributed by atoms with Crippen LogP contribution in [0.1, 0.15) is 29.4 Å². The molecule has 5 heteroatoms. The summed E-state index contributed by atoms with van der Waals surface area (Å²) < 4.78 is 2.23. The molecule has 0 atom stereocenters. The largest absolute Gasteiger partial charge is 0.344 e. The first kappa shape index (κ1) is 16.6. The molecule has 1 fully saturated rings. The number of likely N-dealkylation sites (N-methyl/N-ethyl adjacent to an activating group) is 1. The second kappa shape index (κ2) is 6.69. The van der Waals surface area contributed by atoms with Crippen LogP contribution in [0.4, 0.5) is 4.79 Å². The van der Waals surface area contributed by atoms with Gasteiger partial charge >= 0.3 is 0 Å². The third kappa shape index (κ3) is 3.04. The number of amides is 2. The van der Waals surface area contributed by atoms with Crippen molar-refractivity contribution < 1.29 is 9.59 Å². The number of aryl methyl sites for hydroxylation is 1. The number of hydrogen-bond acceptors (Lipinski definition) is 3. The van der Waals surface area contributed by atoms with Gasteiger partial charge in [0.1, 0.15) is 0 Å². The number of benzene rings is 1. The fraction of sp³-hybridized carbons (Fsp3) is 0.263. The van der Waals surface area contributed by atoms with Gasteiger partial charge in [-0.25, -0.2) is 0 Å². The van der Waals surface area contributed by atoms with Gasteiger partial charge in [-0.1, -0.05) is 30.3 Å². The lowest BCUT2D eigenvalue weighted by Crippen LogP contribution is -2.27. The normalized spacial score (nSPS) is 16.5. The molecular formula is C19H20N2O2S. The van der Waals surface area contributed by atoms with E-state index >= 15 is 0 Å². The summed E-state index contributed by atoms with van der Waals surface area (Å²) in [5.74, 6) is -0.194. The molecule has 0 aliphatic carbocycles. The third-order valence-corrected chi connectivity index (χ3v) is 5.18. The van der Waals surface area contributed by atoms with E-state index in [1.807, 2.05) is 38.1 Å². The molecule has 2 amide bonds. The molecule has 1 aliphatic rings. The summed E-state index contributed by atoms with van der Waals surface area (Å²) in [5.41, 5.74) is 4.46. The van der Waals surface area contributed by atoms with Crippen LogP contribution in [0.25, 0.3) is 6.08 Å². The van der Waals surface area contributed by atoms with E-state index in [1.165, 1.54) is 10.5 Å². The van der Waals surface area contributed by atoms with Gasteiger partial charge in [0.25, 0.3) is 11.1 Å². The molecular weight excluding hydrogens is 320 g/mol. The third-order valence-electron chi connectivity index (χ3n) is 4.27. The first-order chi connectivity index (χ1) is 11.5. The molecule has 0 bridgehead atoms. The summed E-state index contributed by atoms with van der Waals surface area (Å²) in [4.78, 5) is 25.9. The van der Waals surface area contributed by atoms with Gasteiger partial charge in [-0.05, 0) is 55.8 Å². The molecule has 4 nitrogen and oxygen atoms in total. The summed E-state index contributed by atoms with van der Waals surface area (Å²) >= 11 is 1.02. The van der Waals surface area contributed by atoms with Crippen molar-refractivity contribution in [1.82, 2.24) is 9.47 Å². The Balaban J connectivity index is 1.91. The maximum absolute atomic E-state index is 12.3. The minimum Gasteiger partial charge on any atom is -0.344 e. The number of hydrogen-bond donors (Lipinski definition) is 0. The monoisotopic (exact) mass is 340 g/mol. The average molecular weight is 340 g/mol. The lowest BCUT2D eigenvalue weighted by molar-refractivity contribution is -0.122. The van der Waals surface area contributed by atoms with Gasteiger partial charge in [0.05, 0.1) is 4.91 Å². The molecule has 0 unspecified atom stereocenters. The first-order valence-electron chi connectivity index (χ1n) is 7.97. The van der Waals surface area contributed by atoms with E-state index in [-0.39, 0.29) is 11.1 Å². The van der Waals surface area contributed by atoms with Crippen LogP contribution >= 0.6 is 11.8 Å². The van der Waals surface area contributed by atoms with Crippen molar-refractivity contribution in [2.45, 2.75) is 27.3 Å². The van der Waals surface area contributed by atoms with E-state index in [0.29, 0.717) is 11.4 Å². The van der Waals surface area contributed by atoms with Crippen LogP contribution in [0.5, 0.6) is 0 Å². The summed E-state index contributed by atoms with van der Waals surface area (Å²) in [6, 6.07) is 12.3. The Morgan fingerprint density at radius 3 is 2.46 bits per heavy atom. The molecule has 24 heavy (non-hydrogen) atoms. The van der Waals surface area contributed by atoms with Crippen molar-refractivity contribution >= 4 is 29.0 Å². The summed E-state index contributed by atoms with van der Waals surface area (Å²) in [5, 5.41) is -0.188. The second-order valence-electron chi connectivity index (χ2n) is 5.82. The maximum atomic E-state index is 12.3. The van der Waals surface area contributed by atoms with Gasteiger partial charge in [-0.3, -0.25) is 14.5 Å². The highest BCUT2D eigenvalue weighted by atomic mass is 32.2. The zero-order valence-corrected chi connectivity index (χ0v) is 14.9. The van der Waals surface area contributed by atoms with Crippen molar-refractivity contribution in [2.24, 2.45) is 0 Å². The fourth-order valence-corrected chi connectivity index (χ4v) is 3.79. The topological polar surface area (TPSA) is 42.3 Å². The summed E-state index contributed by atoms with van der Waals surface area (Å²) in [7, 11) is 0. The summed E-state index contributed by atoms with van der Waals surface area (Å²) in [6.07, 6.45) is 1.84. The van der Waals surface area contributed by atoms with Crippen LogP contribution in [0.2, 0.25) is 0 Å². The number of rotatable bonds is 4. The highest BCUT2D eigenvalue weighted by molar-refractivity contribution is 8.18. The number of aromatic nitrogens is 1. The summed E-state index contributed by atoms with van der Waals surface area (Å²) in [6.45, 7) is 7.12. The van der Waals surface area contributed by atoms with Crippen molar-refractivity contribution in [2.75, 3.05) is 6.54 Å². The van der Waals surface area contributed by atoms with Gasteiger partial charge in [0.15, 0.2) is 0 Å². The predicted octanol–water partition coefficient (Wildman–Crippen LogP) is 4.21. The average Bonchev–Trinajstić information content (AvgIpc) is 2.99. The second-order valence-corrected chi connectivity index (χ2v) is 6.82. The van der Waals surface area contributed by atoms with Gasteiger partial charge in [0, 0.05) is 24.5 Å². The predicted molar refractivity (Wildman–Crippen MR) is 97.8 cm³/mol. The molecule has 0 radical (unpaired) electrons. The molecule has 0 N–H and O–H groups in total. The molecule has 3 rings (SSSR count). The molecule has 2 heterocycles. The van der Waals surface area contributed by atoms with Gasteiger partial charge in [0.2, 0.25) is 0 Å². The maximum Gasteiger partial charge on any atom is 0.293 e. The van der Waals surface area contributed by atoms with Crippen molar-refractivity contribution in [3.05, 3.63) is 63.8 Å². The lowest BCUT2D eigenvalue weighted by Gasteiger charge is -2.09. The van der Waals surface area contributed by atoms with Crippen LogP contribution in [-0.2, 0) is 11.3 Å². The van der Waals surface area contributed by atoms with E-state index in [9.17, 15) is 9.59 Å². The fourth-order valence-electron chi connectivity index (χ4n) is 2.90. The van der Waals surface area contributed by atoms with Crippen molar-refractivity contribution in [3.8, 4) is 0 Å². The number of carbonyl (C=O) groups is 2. The first-order valence-corrected chi connectivity index (χ1v) is 8.79. The van der Waals surface area contributed by atoms with E-state index < -0.39 is 0 Å². The Hall–Kier alpha value is -2.27. The Labute approximate surface area is 146 Å².